The molecule has 0 aromatic carbocycles. The summed E-state index contributed by atoms with van der Waals surface area (Å²) < 4.78 is 32.6. The van der Waals surface area contributed by atoms with Crippen molar-refractivity contribution in [1.82, 2.24) is 14.3 Å². The Balaban J connectivity index is 1.47. The van der Waals surface area contributed by atoms with Crippen LogP contribution in [0.3, 0.4) is 0 Å². The molecule has 1 aliphatic carbocycles. The first kappa shape index (κ1) is 17.4. The Labute approximate surface area is 156 Å². The Morgan fingerprint density at radius 2 is 1.72 bits per heavy atom. The fourth-order valence-electron chi connectivity index (χ4n) is 3.22. The highest BCUT2D eigenvalue weighted by Gasteiger charge is 2.41. The van der Waals surface area contributed by atoms with Gasteiger partial charge in [-0.1, -0.05) is 0 Å². The van der Waals surface area contributed by atoms with Crippen molar-refractivity contribution >= 4 is 37.7 Å². The van der Waals surface area contributed by atoms with Crippen LogP contribution in [0.5, 0.6) is 0 Å². The maximum atomic E-state index is 12.4. The highest BCUT2D eigenvalue weighted by molar-refractivity contribution is 9.10. The number of rotatable bonds is 4. The van der Waals surface area contributed by atoms with Gasteiger partial charge in [0, 0.05) is 45.5 Å². The second kappa shape index (κ2) is 6.98. The molecule has 0 radical (unpaired) electrons. The molecule has 0 N–H and O–H groups in total. The zero-order valence-electron chi connectivity index (χ0n) is 14.0. The first-order chi connectivity index (χ1) is 12.1. The number of hydrogen-bond acceptors (Lipinski definition) is 7. The highest BCUT2D eigenvalue weighted by atomic mass is 79.9. The number of anilines is 2. The van der Waals surface area contributed by atoms with Crippen LogP contribution in [0.25, 0.3) is 0 Å². The van der Waals surface area contributed by atoms with Crippen molar-refractivity contribution in [2.24, 2.45) is 0 Å². The van der Waals surface area contributed by atoms with Gasteiger partial charge in [-0.15, -0.1) is 0 Å². The van der Waals surface area contributed by atoms with Crippen molar-refractivity contribution in [3.8, 4) is 0 Å². The molecule has 10 heteroatoms. The summed E-state index contributed by atoms with van der Waals surface area (Å²) in [5, 5.41) is -0.141. The molecule has 0 amide bonds. The Morgan fingerprint density at radius 1 is 1.04 bits per heavy atom. The molecule has 1 aromatic rings. The lowest BCUT2D eigenvalue weighted by Gasteiger charge is -2.35. The summed E-state index contributed by atoms with van der Waals surface area (Å²) in [7, 11) is -3.09. The molecule has 8 nitrogen and oxygen atoms in total. The van der Waals surface area contributed by atoms with Crippen LogP contribution in [0.1, 0.15) is 12.8 Å². The summed E-state index contributed by atoms with van der Waals surface area (Å²) in [4.78, 5) is 13.4. The van der Waals surface area contributed by atoms with Crippen molar-refractivity contribution in [1.29, 1.82) is 0 Å². The fraction of sp³-hybridized carbons (Fsp3) is 0.733. The van der Waals surface area contributed by atoms with Crippen molar-refractivity contribution in [3.63, 3.8) is 0 Å². The first-order valence-corrected chi connectivity index (χ1v) is 10.9. The van der Waals surface area contributed by atoms with Crippen molar-refractivity contribution in [3.05, 3.63) is 10.7 Å². The van der Waals surface area contributed by atoms with Crippen LogP contribution in [-0.4, -0.2) is 80.4 Å². The van der Waals surface area contributed by atoms with E-state index in [1.807, 2.05) is 0 Å². The summed E-state index contributed by atoms with van der Waals surface area (Å²) in [5.41, 5.74) is 0. The van der Waals surface area contributed by atoms with Crippen LogP contribution in [0.2, 0.25) is 0 Å². The van der Waals surface area contributed by atoms with E-state index in [9.17, 15) is 8.42 Å². The van der Waals surface area contributed by atoms with Gasteiger partial charge >= 0.3 is 0 Å². The quantitative estimate of drug-likeness (QED) is 0.693. The van der Waals surface area contributed by atoms with Gasteiger partial charge < -0.3 is 14.5 Å². The second-order valence-electron chi connectivity index (χ2n) is 6.57. The Kier molecular flexibility index (Phi) is 4.87. The predicted molar refractivity (Wildman–Crippen MR) is 98.5 cm³/mol. The Hall–Kier alpha value is -0.970. The van der Waals surface area contributed by atoms with Gasteiger partial charge in [0.15, 0.2) is 0 Å². The van der Waals surface area contributed by atoms with E-state index in [1.165, 1.54) is 0 Å². The zero-order valence-corrected chi connectivity index (χ0v) is 16.4. The predicted octanol–water partition coefficient (Wildman–Crippen LogP) is 0.690. The van der Waals surface area contributed by atoms with Gasteiger partial charge in [0.25, 0.3) is 0 Å². The third-order valence-electron chi connectivity index (χ3n) is 4.85. The Bertz CT molecular complexity index is 729. The highest BCUT2D eigenvalue weighted by Crippen LogP contribution is 2.32. The molecular formula is C15H22BrN5O3S. The van der Waals surface area contributed by atoms with Gasteiger partial charge in [-0.2, -0.15) is 9.29 Å². The standard InChI is InChI=1S/C15H22BrN5O3S/c16-13-11-17-15(20-7-9-24-10-8-20)18-14(13)19-3-5-21(6-4-19)25(22,23)12-1-2-12/h11-12H,1-10H2. The Morgan fingerprint density at radius 3 is 2.36 bits per heavy atom. The number of hydrogen-bond donors (Lipinski definition) is 0. The molecule has 4 rings (SSSR count). The van der Waals surface area contributed by atoms with Crippen molar-refractivity contribution < 1.29 is 13.2 Å². The van der Waals surface area contributed by atoms with Crippen molar-refractivity contribution in [2.45, 2.75) is 18.1 Å². The summed E-state index contributed by atoms with van der Waals surface area (Å²) in [6.45, 7) is 5.26. The number of piperazine rings is 1. The van der Waals surface area contributed by atoms with Crippen molar-refractivity contribution in [2.75, 3.05) is 62.3 Å². The molecule has 3 heterocycles. The normalized spacial score (nSPS) is 23.1. The summed E-state index contributed by atoms with van der Waals surface area (Å²) >= 11 is 3.54. The molecule has 0 atom stereocenters. The fourth-order valence-corrected chi connectivity index (χ4v) is 5.49. The van der Waals surface area contributed by atoms with Gasteiger partial charge in [-0.05, 0) is 28.8 Å². The number of sulfonamides is 1. The van der Waals surface area contributed by atoms with Crippen LogP contribution >= 0.6 is 15.9 Å². The molecule has 1 aromatic heterocycles. The number of ether oxygens (including phenoxy) is 1. The first-order valence-electron chi connectivity index (χ1n) is 8.65. The largest absolute Gasteiger partial charge is 0.378 e. The van der Waals surface area contributed by atoms with Gasteiger partial charge in [0.2, 0.25) is 16.0 Å². The molecule has 138 valence electrons. The molecule has 3 fully saturated rings. The number of nitrogens with zero attached hydrogens (tertiary/aromatic N) is 5. The summed E-state index contributed by atoms with van der Waals surface area (Å²) in [5.74, 6) is 1.54. The number of aromatic nitrogens is 2. The van der Waals surface area contributed by atoms with E-state index in [1.54, 1.807) is 10.5 Å². The molecule has 3 aliphatic rings. The second-order valence-corrected chi connectivity index (χ2v) is 9.64. The molecule has 0 spiro atoms. The summed E-state index contributed by atoms with van der Waals surface area (Å²) in [6, 6.07) is 0. The molecule has 1 saturated carbocycles. The summed E-state index contributed by atoms with van der Waals surface area (Å²) in [6.07, 6.45) is 3.40. The minimum Gasteiger partial charge on any atom is -0.378 e. The lowest BCUT2D eigenvalue weighted by atomic mass is 10.3. The van der Waals surface area contributed by atoms with E-state index in [2.05, 4.69) is 30.7 Å². The van der Waals surface area contributed by atoms with Gasteiger partial charge in [0.1, 0.15) is 5.82 Å². The third-order valence-corrected chi connectivity index (χ3v) is 7.81. The number of halogens is 1. The molecule has 2 saturated heterocycles. The van der Waals surface area contributed by atoms with E-state index in [4.69, 9.17) is 9.72 Å². The van der Waals surface area contributed by atoms with Crippen LogP contribution in [0, 0.1) is 0 Å². The smallest absolute Gasteiger partial charge is 0.227 e. The average Bonchev–Trinajstić information content (AvgIpc) is 3.49. The van der Waals surface area contributed by atoms with E-state index in [0.29, 0.717) is 45.3 Å². The minimum atomic E-state index is -3.09. The molecule has 25 heavy (non-hydrogen) atoms. The molecule has 0 unspecified atom stereocenters. The van der Waals surface area contributed by atoms with Gasteiger partial charge in [-0.3, -0.25) is 0 Å². The minimum absolute atomic E-state index is 0.141. The van der Waals surface area contributed by atoms with Gasteiger partial charge in [-0.25, -0.2) is 13.4 Å². The lowest BCUT2D eigenvalue weighted by molar-refractivity contribution is 0.122. The van der Waals surface area contributed by atoms with Gasteiger partial charge in [0.05, 0.1) is 22.9 Å². The van der Waals surface area contributed by atoms with Crippen LogP contribution in [0.4, 0.5) is 11.8 Å². The van der Waals surface area contributed by atoms with E-state index in [-0.39, 0.29) is 5.25 Å². The average molecular weight is 432 g/mol. The maximum Gasteiger partial charge on any atom is 0.227 e. The van der Waals surface area contributed by atoms with E-state index >= 15 is 0 Å². The molecule has 2 aliphatic heterocycles. The third kappa shape index (κ3) is 3.62. The van der Waals surface area contributed by atoms with Crippen LogP contribution < -0.4 is 9.80 Å². The van der Waals surface area contributed by atoms with E-state index in [0.717, 1.165) is 36.2 Å². The molecular weight excluding hydrogens is 410 g/mol. The molecule has 0 bridgehead atoms. The maximum absolute atomic E-state index is 12.4. The van der Waals surface area contributed by atoms with Crippen LogP contribution in [0.15, 0.2) is 10.7 Å². The topological polar surface area (TPSA) is 78.9 Å². The lowest BCUT2D eigenvalue weighted by Crippen LogP contribution is -2.50. The monoisotopic (exact) mass is 431 g/mol. The van der Waals surface area contributed by atoms with E-state index < -0.39 is 10.0 Å². The zero-order chi connectivity index (χ0) is 17.4. The number of morpholine rings is 1. The SMILES string of the molecule is O=S(=O)(C1CC1)N1CCN(c2nc(N3CCOCC3)ncc2Br)CC1. The van der Waals surface area contributed by atoms with Crippen LogP contribution in [-0.2, 0) is 14.8 Å².